The fraction of sp³-hybridized carbons (Fsp3) is 0.375. The lowest BCUT2D eigenvalue weighted by Crippen LogP contribution is -2.31. The molecule has 0 aliphatic rings. The van der Waals surface area contributed by atoms with Crippen LogP contribution >= 0.6 is 11.5 Å². The molecule has 1 N–H and O–H groups in total. The first-order valence-electron chi connectivity index (χ1n) is 8.26. The van der Waals surface area contributed by atoms with Crippen LogP contribution in [0.3, 0.4) is 0 Å². The van der Waals surface area contributed by atoms with Gasteiger partial charge in [-0.2, -0.15) is 0 Å². The van der Waals surface area contributed by atoms with Crippen molar-refractivity contribution in [2.24, 2.45) is 7.05 Å². The van der Waals surface area contributed by atoms with E-state index in [1.54, 1.807) is 25.4 Å². The molecule has 0 aliphatic carbocycles. The first kappa shape index (κ1) is 17.9. The number of aromatic nitrogens is 6. The van der Waals surface area contributed by atoms with E-state index in [4.69, 9.17) is 0 Å². The highest BCUT2D eigenvalue weighted by Crippen LogP contribution is 2.12. The van der Waals surface area contributed by atoms with Crippen molar-refractivity contribution in [3.8, 4) is 11.5 Å². The van der Waals surface area contributed by atoms with Crippen molar-refractivity contribution >= 4 is 17.4 Å². The SMILES string of the molecule is CCCc1nnsc1C(=O)NCCn1nc(-c2ccccn2)n(C)c1=O. The van der Waals surface area contributed by atoms with E-state index < -0.39 is 0 Å². The third-order valence-electron chi connectivity index (χ3n) is 3.79. The van der Waals surface area contributed by atoms with Crippen LogP contribution in [-0.4, -0.2) is 41.4 Å². The van der Waals surface area contributed by atoms with Gasteiger partial charge in [-0.25, -0.2) is 9.48 Å². The number of amides is 1. The zero-order chi connectivity index (χ0) is 18.5. The Hall–Kier alpha value is -2.88. The summed E-state index contributed by atoms with van der Waals surface area (Å²) in [6, 6.07) is 5.43. The lowest BCUT2D eigenvalue weighted by atomic mass is 10.2. The first-order chi connectivity index (χ1) is 12.6. The Balaban J connectivity index is 1.66. The van der Waals surface area contributed by atoms with Gasteiger partial charge >= 0.3 is 5.69 Å². The van der Waals surface area contributed by atoms with Crippen LogP contribution in [0.5, 0.6) is 0 Å². The average Bonchev–Trinajstić information content (AvgIpc) is 3.23. The molecule has 26 heavy (non-hydrogen) atoms. The molecule has 0 saturated heterocycles. The summed E-state index contributed by atoms with van der Waals surface area (Å²) in [6.07, 6.45) is 3.26. The molecule has 0 saturated carbocycles. The van der Waals surface area contributed by atoms with Gasteiger partial charge in [0, 0.05) is 19.8 Å². The molecule has 0 spiro atoms. The van der Waals surface area contributed by atoms with Gasteiger partial charge in [0.25, 0.3) is 5.91 Å². The number of nitrogens with zero attached hydrogens (tertiary/aromatic N) is 6. The molecule has 1 amide bonds. The Bertz CT molecular complexity index is 945. The summed E-state index contributed by atoms with van der Waals surface area (Å²) >= 11 is 1.08. The summed E-state index contributed by atoms with van der Waals surface area (Å²) in [5.74, 6) is 0.260. The molecule has 0 bridgehead atoms. The van der Waals surface area contributed by atoms with E-state index in [1.165, 1.54) is 9.25 Å². The molecular weight excluding hydrogens is 354 g/mol. The Morgan fingerprint density at radius 2 is 2.19 bits per heavy atom. The second kappa shape index (κ2) is 8.00. The third-order valence-corrected chi connectivity index (χ3v) is 4.56. The van der Waals surface area contributed by atoms with Crippen LogP contribution < -0.4 is 11.0 Å². The van der Waals surface area contributed by atoms with Crippen LogP contribution in [0.15, 0.2) is 29.2 Å². The van der Waals surface area contributed by atoms with Crippen molar-refractivity contribution in [3.05, 3.63) is 45.5 Å². The molecule has 136 valence electrons. The molecule has 3 aromatic heterocycles. The molecule has 9 nitrogen and oxygen atoms in total. The minimum atomic E-state index is -0.258. The topological polar surface area (TPSA) is 108 Å². The fourth-order valence-electron chi connectivity index (χ4n) is 2.49. The molecule has 3 rings (SSSR count). The monoisotopic (exact) mass is 373 g/mol. The van der Waals surface area contributed by atoms with Crippen molar-refractivity contribution in [2.45, 2.75) is 26.3 Å². The fourth-order valence-corrected chi connectivity index (χ4v) is 3.11. The average molecular weight is 373 g/mol. The molecule has 0 radical (unpaired) electrons. The normalized spacial score (nSPS) is 10.8. The van der Waals surface area contributed by atoms with Gasteiger partial charge in [-0.1, -0.05) is 23.9 Å². The number of aryl methyl sites for hydroxylation is 1. The van der Waals surface area contributed by atoms with Crippen molar-refractivity contribution in [3.63, 3.8) is 0 Å². The highest BCUT2D eigenvalue weighted by Gasteiger charge is 2.16. The minimum absolute atomic E-state index is 0.225. The smallest absolute Gasteiger partial charge is 0.346 e. The summed E-state index contributed by atoms with van der Waals surface area (Å²) in [5, 5.41) is 11.1. The maximum absolute atomic E-state index is 12.3. The van der Waals surface area contributed by atoms with Crippen molar-refractivity contribution < 1.29 is 4.79 Å². The number of pyridine rings is 1. The highest BCUT2D eigenvalue weighted by molar-refractivity contribution is 7.08. The van der Waals surface area contributed by atoms with E-state index in [9.17, 15) is 9.59 Å². The summed E-state index contributed by atoms with van der Waals surface area (Å²) < 4.78 is 6.61. The van der Waals surface area contributed by atoms with Crippen LogP contribution in [0, 0.1) is 0 Å². The van der Waals surface area contributed by atoms with Crippen LogP contribution in [0.1, 0.15) is 28.7 Å². The van der Waals surface area contributed by atoms with Gasteiger partial charge in [0.05, 0.1) is 12.2 Å². The van der Waals surface area contributed by atoms with Crippen molar-refractivity contribution in [1.82, 2.24) is 34.2 Å². The zero-order valence-electron chi connectivity index (χ0n) is 14.5. The van der Waals surface area contributed by atoms with Crippen LogP contribution in [0.2, 0.25) is 0 Å². The number of hydrogen-bond acceptors (Lipinski definition) is 7. The Labute approximate surface area is 153 Å². The summed E-state index contributed by atoms with van der Waals surface area (Å²) in [6.45, 7) is 2.56. The number of nitrogens with one attached hydrogen (secondary N) is 1. The maximum Gasteiger partial charge on any atom is 0.346 e. The minimum Gasteiger partial charge on any atom is -0.349 e. The molecule has 0 atom stereocenters. The number of hydrogen-bond donors (Lipinski definition) is 1. The molecule has 0 unspecified atom stereocenters. The maximum atomic E-state index is 12.3. The van der Waals surface area contributed by atoms with Gasteiger partial charge < -0.3 is 5.32 Å². The number of carbonyl (C=O) groups is 1. The van der Waals surface area contributed by atoms with Crippen LogP contribution in [-0.2, 0) is 20.0 Å². The quantitative estimate of drug-likeness (QED) is 0.659. The second-order valence-electron chi connectivity index (χ2n) is 5.66. The molecule has 3 heterocycles. The molecule has 3 aromatic rings. The van der Waals surface area contributed by atoms with Gasteiger partial charge in [0.15, 0.2) is 5.82 Å². The molecular formula is C16H19N7O2S. The summed E-state index contributed by atoms with van der Waals surface area (Å²) in [7, 11) is 1.65. The predicted molar refractivity (Wildman–Crippen MR) is 96.9 cm³/mol. The lowest BCUT2D eigenvalue weighted by molar-refractivity contribution is 0.0954. The van der Waals surface area contributed by atoms with Gasteiger partial charge in [0.2, 0.25) is 0 Å². The first-order valence-corrected chi connectivity index (χ1v) is 9.03. The third kappa shape index (κ3) is 3.69. The van der Waals surface area contributed by atoms with Crippen LogP contribution in [0.4, 0.5) is 0 Å². The summed E-state index contributed by atoms with van der Waals surface area (Å²) in [4.78, 5) is 29.3. The molecule has 0 aliphatic heterocycles. The van der Waals surface area contributed by atoms with E-state index in [1.807, 2.05) is 13.0 Å². The van der Waals surface area contributed by atoms with Crippen molar-refractivity contribution in [2.75, 3.05) is 6.54 Å². The lowest BCUT2D eigenvalue weighted by Gasteiger charge is -2.04. The Morgan fingerprint density at radius 3 is 2.92 bits per heavy atom. The van der Waals surface area contributed by atoms with Gasteiger partial charge in [-0.3, -0.25) is 14.3 Å². The molecule has 0 fully saturated rings. The van der Waals surface area contributed by atoms with E-state index in [0.29, 0.717) is 28.5 Å². The summed E-state index contributed by atoms with van der Waals surface area (Å²) in [5.41, 5.74) is 1.07. The molecule has 10 heteroatoms. The van der Waals surface area contributed by atoms with Crippen molar-refractivity contribution in [1.29, 1.82) is 0 Å². The Morgan fingerprint density at radius 1 is 1.35 bits per heavy atom. The van der Waals surface area contributed by atoms with E-state index >= 15 is 0 Å². The standard InChI is InChI=1S/C16H19N7O2S/c1-3-6-11-13(26-21-19-11)15(24)18-9-10-23-16(25)22(2)14(20-23)12-7-4-5-8-17-12/h4-5,7-8H,3,6,9-10H2,1-2H3,(H,18,24). The van der Waals surface area contributed by atoms with Gasteiger partial charge in [-0.15, -0.1) is 10.2 Å². The Kier molecular flexibility index (Phi) is 5.52. The van der Waals surface area contributed by atoms with E-state index in [0.717, 1.165) is 18.0 Å². The number of carbonyl (C=O) groups excluding carboxylic acids is 1. The predicted octanol–water partition coefficient (Wildman–Crippen LogP) is 0.878. The largest absolute Gasteiger partial charge is 0.349 e. The second-order valence-corrected chi connectivity index (χ2v) is 6.41. The number of rotatable bonds is 7. The highest BCUT2D eigenvalue weighted by atomic mass is 32.1. The van der Waals surface area contributed by atoms with Crippen LogP contribution in [0.25, 0.3) is 11.5 Å². The van der Waals surface area contributed by atoms with Gasteiger partial charge in [-0.05, 0) is 30.1 Å². The zero-order valence-corrected chi connectivity index (χ0v) is 15.4. The molecule has 0 aromatic carbocycles. The van der Waals surface area contributed by atoms with E-state index in [2.05, 4.69) is 25.0 Å². The van der Waals surface area contributed by atoms with Gasteiger partial charge in [0.1, 0.15) is 10.6 Å². The van der Waals surface area contributed by atoms with E-state index in [-0.39, 0.29) is 24.7 Å².